The highest BCUT2D eigenvalue weighted by atomic mass is 32.2. The molecule has 2 bridgehead atoms. The minimum atomic E-state index is -5.56. The Morgan fingerprint density at radius 2 is 1.72 bits per heavy atom. The molecule has 15 heteroatoms. The predicted molar refractivity (Wildman–Crippen MR) is 156 cm³/mol. The number of ether oxygens (including phenoxy) is 2. The molecule has 0 aliphatic heterocycles. The summed E-state index contributed by atoms with van der Waals surface area (Å²) in [5.41, 5.74) is -6.86. The zero-order valence-corrected chi connectivity index (χ0v) is 25.6. The van der Waals surface area contributed by atoms with E-state index in [0.717, 1.165) is 37.5 Å². The van der Waals surface area contributed by atoms with Gasteiger partial charge in [0.05, 0.1) is 23.7 Å². The molecule has 4 N–H and O–H groups in total. The molecule has 0 saturated heterocycles. The van der Waals surface area contributed by atoms with Gasteiger partial charge in [0.2, 0.25) is 0 Å². The number of carboxylic acid groups (broad SMARTS) is 1. The second kappa shape index (κ2) is 12.4. The lowest BCUT2D eigenvalue weighted by Crippen LogP contribution is -2.45. The number of rotatable bonds is 10. The van der Waals surface area contributed by atoms with Crippen LogP contribution >= 0.6 is 0 Å². The topological polar surface area (TPSA) is 151 Å². The first-order valence-electron chi connectivity index (χ1n) is 14.7. The molecule has 0 unspecified atom stereocenters. The zero-order chi connectivity index (χ0) is 33.6. The van der Waals surface area contributed by atoms with Crippen LogP contribution in [-0.4, -0.2) is 60.9 Å². The van der Waals surface area contributed by atoms with Crippen molar-refractivity contribution in [3.63, 3.8) is 0 Å². The van der Waals surface area contributed by atoms with Gasteiger partial charge in [-0.1, -0.05) is 12.6 Å². The number of benzene rings is 2. The van der Waals surface area contributed by atoms with E-state index in [1.807, 2.05) is 0 Å². The number of anilines is 1. The fourth-order valence-electron chi connectivity index (χ4n) is 6.92. The van der Waals surface area contributed by atoms with Gasteiger partial charge in [0.15, 0.2) is 17.2 Å². The monoisotopic (exact) mass is 670 g/mol. The third-order valence-electron chi connectivity index (χ3n) is 9.32. The quantitative estimate of drug-likeness (QED) is 0.255. The number of aliphatic hydroxyl groups is 1. The van der Waals surface area contributed by atoms with E-state index in [-0.39, 0.29) is 66.2 Å². The lowest BCUT2D eigenvalue weighted by Gasteiger charge is -2.34. The number of methoxy groups -OCH3 is 1. The van der Waals surface area contributed by atoms with Crippen LogP contribution in [-0.2, 0) is 14.6 Å². The van der Waals surface area contributed by atoms with Crippen LogP contribution in [0.2, 0.25) is 0 Å². The molecule has 3 saturated carbocycles. The first-order valence-corrected chi connectivity index (χ1v) is 16.2. The molecule has 1 amide bonds. The average molecular weight is 671 g/mol. The molecular weight excluding hydrogens is 636 g/mol. The number of carbonyl (C=O) groups is 2. The third-order valence-corrected chi connectivity index (χ3v) is 10.8. The Hall–Kier alpha value is -3.85. The van der Waals surface area contributed by atoms with Crippen molar-refractivity contribution >= 4 is 27.4 Å². The second-order valence-corrected chi connectivity index (χ2v) is 14.1. The zero-order valence-electron chi connectivity index (χ0n) is 24.8. The van der Waals surface area contributed by atoms with E-state index in [9.17, 15) is 45.8 Å². The Morgan fingerprint density at radius 3 is 2.35 bits per heavy atom. The van der Waals surface area contributed by atoms with Gasteiger partial charge >= 0.3 is 11.5 Å². The first-order chi connectivity index (χ1) is 21.5. The maximum absolute atomic E-state index is 15.0. The van der Waals surface area contributed by atoms with Crippen molar-refractivity contribution in [1.29, 1.82) is 0 Å². The fraction of sp³-hybridized carbons (Fsp3) is 0.484. The lowest BCUT2D eigenvalue weighted by atomic mass is 9.82. The van der Waals surface area contributed by atoms with Crippen LogP contribution in [0.1, 0.15) is 55.3 Å². The molecule has 0 spiro atoms. The maximum atomic E-state index is 15.0. The van der Waals surface area contributed by atoms with Crippen LogP contribution in [0.15, 0.2) is 53.6 Å². The van der Waals surface area contributed by atoms with Crippen LogP contribution in [0.4, 0.5) is 23.2 Å². The van der Waals surface area contributed by atoms with Crippen molar-refractivity contribution in [2.24, 2.45) is 17.8 Å². The summed E-state index contributed by atoms with van der Waals surface area (Å²) in [5.74, 6) is -3.18. The number of aliphatic carboxylic acids is 1. The Labute approximate surface area is 262 Å². The largest absolute Gasteiger partial charge is 0.501 e. The second-order valence-electron chi connectivity index (χ2n) is 12.1. The van der Waals surface area contributed by atoms with Crippen LogP contribution in [0.3, 0.4) is 0 Å². The van der Waals surface area contributed by atoms with Gasteiger partial charge < -0.3 is 30.3 Å². The minimum absolute atomic E-state index is 0.0121. The molecule has 2 aromatic rings. The standard InChI is InChI=1S/C31H34F4N2O8S/c1-16(36-19-4-3-5-21(13-19)46(42,43)31(33,34)35)26-17-6-7-18(12-17)27(26)37-28(38)22-14-25(23(32)15-24(22)44-2)45-20-8-10-30(41,11-9-20)29(39)40/h3-5,13-15,17-18,20,26-27,36,41H,1,6-12H2,2H3,(H,37,38)(H,39,40)/t17-,18+,20?,26-,27+,30?/m0/s1. The van der Waals surface area contributed by atoms with Gasteiger partial charge in [-0.3, -0.25) is 4.79 Å². The van der Waals surface area contributed by atoms with Crippen LogP contribution in [0, 0.1) is 23.6 Å². The lowest BCUT2D eigenvalue weighted by molar-refractivity contribution is -0.163. The molecule has 0 heterocycles. The molecule has 3 fully saturated rings. The predicted octanol–water partition coefficient (Wildman–Crippen LogP) is 5.04. The Bertz CT molecular complexity index is 1640. The van der Waals surface area contributed by atoms with E-state index in [0.29, 0.717) is 5.70 Å². The molecule has 4 atom stereocenters. The van der Waals surface area contributed by atoms with Crippen molar-refractivity contribution in [1.82, 2.24) is 5.32 Å². The number of halogens is 4. The molecule has 0 radical (unpaired) electrons. The van der Waals surface area contributed by atoms with Gasteiger partial charge in [-0.15, -0.1) is 0 Å². The number of amides is 1. The highest BCUT2D eigenvalue weighted by Gasteiger charge is 2.50. The summed E-state index contributed by atoms with van der Waals surface area (Å²) < 4.78 is 89.2. The van der Waals surface area contributed by atoms with Crippen molar-refractivity contribution in [2.75, 3.05) is 12.4 Å². The summed E-state index contributed by atoms with van der Waals surface area (Å²) in [6.07, 6.45) is 1.98. The Balaban J connectivity index is 1.32. The minimum Gasteiger partial charge on any atom is -0.496 e. The smallest absolute Gasteiger partial charge is 0.496 e. The number of alkyl halides is 3. The van der Waals surface area contributed by atoms with Crippen LogP contribution < -0.4 is 20.1 Å². The van der Waals surface area contributed by atoms with Crippen LogP contribution in [0.5, 0.6) is 11.5 Å². The first kappa shape index (κ1) is 33.5. The van der Waals surface area contributed by atoms with E-state index >= 15 is 0 Å². The highest BCUT2D eigenvalue weighted by molar-refractivity contribution is 7.92. The summed E-state index contributed by atoms with van der Waals surface area (Å²) in [6.45, 7) is 4.08. The normalized spacial score (nSPS) is 27.6. The summed E-state index contributed by atoms with van der Waals surface area (Å²) in [5, 5.41) is 25.4. The molecule has 250 valence electrons. The number of fused-ring (bicyclic) bond motifs is 2. The van der Waals surface area contributed by atoms with E-state index in [2.05, 4.69) is 17.2 Å². The summed E-state index contributed by atoms with van der Waals surface area (Å²) in [4.78, 5) is 24.1. The van der Waals surface area contributed by atoms with Gasteiger partial charge in [0.1, 0.15) is 5.75 Å². The molecule has 3 aliphatic rings. The van der Waals surface area contributed by atoms with Gasteiger partial charge in [-0.2, -0.15) is 13.2 Å². The van der Waals surface area contributed by atoms with Gasteiger partial charge in [0, 0.05) is 29.4 Å². The summed E-state index contributed by atoms with van der Waals surface area (Å²) in [7, 11) is -4.28. The molecule has 10 nitrogen and oxygen atoms in total. The molecule has 0 aromatic heterocycles. The number of sulfone groups is 1. The molecule has 2 aromatic carbocycles. The Morgan fingerprint density at radius 1 is 1.04 bits per heavy atom. The van der Waals surface area contributed by atoms with E-state index < -0.39 is 55.7 Å². The number of hydrogen-bond donors (Lipinski definition) is 4. The van der Waals surface area contributed by atoms with Crippen LogP contribution in [0.25, 0.3) is 0 Å². The van der Waals surface area contributed by atoms with E-state index in [1.165, 1.54) is 25.3 Å². The van der Waals surface area contributed by atoms with Crippen molar-refractivity contribution in [3.8, 4) is 11.5 Å². The average Bonchev–Trinajstić information content (AvgIpc) is 3.60. The summed E-state index contributed by atoms with van der Waals surface area (Å²) in [6, 6.07) is 6.13. The molecule has 46 heavy (non-hydrogen) atoms. The van der Waals surface area contributed by atoms with Crippen molar-refractivity contribution < 1.29 is 55.3 Å². The molecule has 3 aliphatic carbocycles. The van der Waals surface area contributed by atoms with Crippen molar-refractivity contribution in [2.45, 2.75) is 73.1 Å². The third kappa shape index (κ3) is 6.39. The Kier molecular flexibility index (Phi) is 9.03. The van der Waals surface area contributed by atoms with E-state index in [4.69, 9.17) is 9.47 Å². The summed E-state index contributed by atoms with van der Waals surface area (Å²) >= 11 is 0. The maximum Gasteiger partial charge on any atom is 0.501 e. The highest BCUT2D eigenvalue weighted by Crippen LogP contribution is 2.51. The number of carbonyl (C=O) groups excluding carboxylic acids is 1. The van der Waals surface area contributed by atoms with Gasteiger partial charge in [-0.05, 0) is 81.0 Å². The number of carboxylic acids is 1. The molecule has 5 rings (SSSR count). The molecular formula is C31H34F4N2O8S. The fourth-order valence-corrected chi connectivity index (χ4v) is 7.73. The number of hydrogen-bond acceptors (Lipinski definition) is 8. The van der Waals surface area contributed by atoms with Gasteiger partial charge in [-0.25, -0.2) is 17.6 Å². The SMILES string of the molecule is C=C(Nc1cccc(S(=O)(=O)C(F)(F)F)c1)[C@H]1[C@H]2CC[C@H](C2)[C@H]1NC(=O)c1cc(OC2CCC(O)(C(=O)O)CC2)c(F)cc1OC. The van der Waals surface area contributed by atoms with Gasteiger partial charge in [0.25, 0.3) is 15.7 Å². The van der Waals surface area contributed by atoms with Crippen molar-refractivity contribution in [3.05, 3.63) is 60.1 Å². The van der Waals surface area contributed by atoms with E-state index in [1.54, 1.807) is 0 Å². The number of nitrogens with one attached hydrogen (secondary N) is 2.